The summed E-state index contributed by atoms with van der Waals surface area (Å²) in [5.41, 5.74) is 2.41. The number of aromatic nitrogens is 2. The van der Waals surface area contributed by atoms with Gasteiger partial charge in [0, 0.05) is 6.54 Å². The Morgan fingerprint density at radius 3 is 2.44 bits per heavy atom. The van der Waals surface area contributed by atoms with Crippen molar-refractivity contribution in [3.05, 3.63) is 45.7 Å². The highest BCUT2D eigenvalue weighted by Crippen LogP contribution is 2.26. The summed E-state index contributed by atoms with van der Waals surface area (Å²) in [5.74, 6) is 0.875. The third kappa shape index (κ3) is 4.61. The lowest BCUT2D eigenvalue weighted by atomic mass is 10.1. The van der Waals surface area contributed by atoms with Crippen molar-refractivity contribution < 1.29 is 9.53 Å². The van der Waals surface area contributed by atoms with E-state index < -0.39 is 0 Å². The van der Waals surface area contributed by atoms with E-state index in [-0.39, 0.29) is 17.9 Å². The lowest BCUT2D eigenvalue weighted by molar-refractivity contribution is 0.0936. The average Bonchev–Trinajstić information content (AvgIpc) is 2.97. The number of carbonyl (C=O) groups excluding carboxylic acids is 1. The van der Waals surface area contributed by atoms with Gasteiger partial charge in [0.25, 0.3) is 5.91 Å². The number of methoxy groups -OCH3 is 1. The zero-order chi connectivity index (χ0) is 18.6. The fraction of sp³-hybridized carbons (Fsp3) is 0.444. The summed E-state index contributed by atoms with van der Waals surface area (Å²) >= 11 is 3.47. The number of hydrogen-bond acceptors (Lipinski definition) is 4. The molecule has 7 heteroatoms. The zero-order valence-electron chi connectivity index (χ0n) is 15.3. The van der Waals surface area contributed by atoms with E-state index in [1.165, 1.54) is 0 Å². The highest BCUT2D eigenvalue weighted by atomic mass is 79.9. The summed E-state index contributed by atoms with van der Waals surface area (Å²) in [5, 5.41) is 10.0. The Hall–Kier alpha value is -1.86. The molecule has 0 bridgehead atoms. The Labute approximate surface area is 157 Å². The van der Waals surface area contributed by atoms with Crippen LogP contribution in [0.1, 0.15) is 47.6 Å². The first kappa shape index (κ1) is 19.5. The molecule has 1 atom stereocenters. The Morgan fingerprint density at radius 2 is 1.96 bits per heavy atom. The second kappa shape index (κ2) is 8.49. The van der Waals surface area contributed by atoms with Gasteiger partial charge in [-0.15, -0.1) is 0 Å². The van der Waals surface area contributed by atoms with Crippen molar-refractivity contribution in [2.75, 3.05) is 27.7 Å². The molecule has 1 unspecified atom stereocenters. The fourth-order valence-corrected chi connectivity index (χ4v) is 3.39. The van der Waals surface area contributed by atoms with Crippen LogP contribution in [0.25, 0.3) is 0 Å². The number of ether oxygens (including phenoxy) is 1. The van der Waals surface area contributed by atoms with Crippen molar-refractivity contribution in [3.63, 3.8) is 0 Å². The SMILES string of the molecule is COc1ccc(C(CNC(=O)c2n[nH]c(C(C)C)c2Br)N(C)C)cc1. The van der Waals surface area contributed by atoms with Gasteiger partial charge in [0.15, 0.2) is 5.69 Å². The molecule has 1 heterocycles. The van der Waals surface area contributed by atoms with Crippen LogP contribution in [0.5, 0.6) is 5.75 Å². The van der Waals surface area contributed by atoms with Crippen molar-refractivity contribution in [3.8, 4) is 5.75 Å². The number of aromatic amines is 1. The lowest BCUT2D eigenvalue weighted by Crippen LogP contribution is -2.34. The van der Waals surface area contributed by atoms with Crippen LogP contribution < -0.4 is 10.1 Å². The van der Waals surface area contributed by atoms with Crippen molar-refractivity contribution in [1.82, 2.24) is 20.4 Å². The Balaban J connectivity index is 2.09. The molecular weight excluding hydrogens is 384 g/mol. The van der Waals surface area contributed by atoms with Gasteiger partial charge < -0.3 is 15.0 Å². The van der Waals surface area contributed by atoms with Gasteiger partial charge in [0.2, 0.25) is 0 Å². The zero-order valence-corrected chi connectivity index (χ0v) is 16.8. The summed E-state index contributed by atoms with van der Waals surface area (Å²) < 4.78 is 5.93. The fourth-order valence-electron chi connectivity index (χ4n) is 2.57. The van der Waals surface area contributed by atoms with Crippen molar-refractivity contribution in [1.29, 1.82) is 0 Å². The van der Waals surface area contributed by atoms with E-state index in [0.29, 0.717) is 12.2 Å². The molecule has 0 aliphatic carbocycles. The molecule has 0 fully saturated rings. The summed E-state index contributed by atoms with van der Waals surface area (Å²) in [6, 6.07) is 7.92. The van der Waals surface area contributed by atoms with E-state index in [1.807, 2.05) is 52.2 Å². The average molecular weight is 409 g/mol. The molecule has 2 rings (SSSR count). The van der Waals surface area contributed by atoms with Crippen molar-refractivity contribution >= 4 is 21.8 Å². The number of hydrogen-bond donors (Lipinski definition) is 2. The minimum Gasteiger partial charge on any atom is -0.497 e. The van der Waals surface area contributed by atoms with Crippen molar-refractivity contribution in [2.45, 2.75) is 25.8 Å². The van der Waals surface area contributed by atoms with Gasteiger partial charge in [-0.05, 0) is 53.6 Å². The number of nitrogens with zero attached hydrogens (tertiary/aromatic N) is 2. The van der Waals surface area contributed by atoms with E-state index >= 15 is 0 Å². The number of benzene rings is 1. The van der Waals surface area contributed by atoms with Gasteiger partial charge in [-0.25, -0.2) is 0 Å². The Morgan fingerprint density at radius 1 is 1.32 bits per heavy atom. The van der Waals surface area contributed by atoms with Crippen LogP contribution in [-0.4, -0.2) is 48.8 Å². The minimum absolute atomic E-state index is 0.0529. The van der Waals surface area contributed by atoms with E-state index in [0.717, 1.165) is 21.5 Å². The molecule has 1 aromatic carbocycles. The topological polar surface area (TPSA) is 70.2 Å². The Kier molecular flexibility index (Phi) is 6.61. The molecule has 2 N–H and O–H groups in total. The number of nitrogens with one attached hydrogen (secondary N) is 2. The molecule has 136 valence electrons. The van der Waals surface area contributed by atoms with Crippen LogP contribution in [0.15, 0.2) is 28.7 Å². The maximum atomic E-state index is 12.5. The largest absolute Gasteiger partial charge is 0.497 e. The molecule has 1 amide bonds. The van der Waals surface area contributed by atoms with Gasteiger partial charge in [-0.3, -0.25) is 9.89 Å². The summed E-state index contributed by atoms with van der Waals surface area (Å²) in [6.07, 6.45) is 0. The summed E-state index contributed by atoms with van der Waals surface area (Å²) in [6.45, 7) is 4.58. The molecule has 2 aromatic rings. The molecule has 0 aliphatic rings. The smallest absolute Gasteiger partial charge is 0.273 e. The number of amides is 1. The summed E-state index contributed by atoms with van der Waals surface area (Å²) in [7, 11) is 5.62. The Bertz CT molecular complexity index is 710. The van der Waals surface area contributed by atoms with Crippen LogP contribution in [0.3, 0.4) is 0 Å². The molecule has 0 spiro atoms. The van der Waals surface area contributed by atoms with Crippen LogP contribution in [0.4, 0.5) is 0 Å². The van der Waals surface area contributed by atoms with Gasteiger partial charge in [0.1, 0.15) is 5.75 Å². The highest BCUT2D eigenvalue weighted by Gasteiger charge is 2.21. The first-order valence-electron chi connectivity index (χ1n) is 8.17. The van der Waals surface area contributed by atoms with E-state index in [1.54, 1.807) is 7.11 Å². The molecule has 25 heavy (non-hydrogen) atoms. The number of likely N-dealkylation sites (N-methyl/N-ethyl adjacent to an activating group) is 1. The maximum absolute atomic E-state index is 12.5. The standard InChI is InChI=1S/C18H25BrN4O2/c1-11(2)16-15(19)17(22-21-16)18(24)20-10-14(23(3)4)12-6-8-13(25-5)9-7-12/h6-9,11,14H,10H2,1-5H3,(H,20,24)(H,21,22). The monoisotopic (exact) mass is 408 g/mol. The van der Waals surface area contributed by atoms with Gasteiger partial charge in [-0.2, -0.15) is 5.10 Å². The number of halogens is 1. The minimum atomic E-state index is -0.199. The van der Waals surface area contributed by atoms with Crippen LogP contribution >= 0.6 is 15.9 Å². The molecule has 0 aliphatic heterocycles. The molecule has 6 nitrogen and oxygen atoms in total. The van der Waals surface area contributed by atoms with Crippen LogP contribution in [-0.2, 0) is 0 Å². The normalized spacial score (nSPS) is 12.5. The third-order valence-electron chi connectivity index (χ3n) is 4.10. The number of carbonyl (C=O) groups is 1. The van der Waals surface area contributed by atoms with Gasteiger partial charge in [-0.1, -0.05) is 26.0 Å². The first-order valence-corrected chi connectivity index (χ1v) is 8.96. The number of rotatable bonds is 7. The van der Waals surface area contributed by atoms with E-state index in [4.69, 9.17) is 4.74 Å². The molecule has 1 aromatic heterocycles. The third-order valence-corrected chi connectivity index (χ3v) is 4.91. The van der Waals surface area contributed by atoms with Crippen molar-refractivity contribution in [2.24, 2.45) is 0 Å². The quantitative estimate of drug-likeness (QED) is 0.736. The molecule has 0 saturated carbocycles. The van der Waals surface area contributed by atoms with Gasteiger partial charge in [0.05, 0.1) is 23.3 Å². The highest BCUT2D eigenvalue weighted by molar-refractivity contribution is 9.10. The maximum Gasteiger partial charge on any atom is 0.273 e. The van der Waals surface area contributed by atoms with E-state index in [2.05, 4.69) is 36.3 Å². The van der Waals surface area contributed by atoms with Crippen LogP contribution in [0.2, 0.25) is 0 Å². The first-order chi connectivity index (χ1) is 11.8. The van der Waals surface area contributed by atoms with Crippen LogP contribution in [0, 0.1) is 0 Å². The van der Waals surface area contributed by atoms with Gasteiger partial charge >= 0.3 is 0 Å². The molecule has 0 radical (unpaired) electrons. The summed E-state index contributed by atoms with van der Waals surface area (Å²) in [4.78, 5) is 14.6. The number of H-pyrrole nitrogens is 1. The predicted octanol–water partition coefficient (Wildman–Crippen LogP) is 3.34. The second-order valence-corrected chi connectivity index (χ2v) is 7.21. The lowest BCUT2D eigenvalue weighted by Gasteiger charge is -2.25. The molecule has 0 saturated heterocycles. The predicted molar refractivity (Wildman–Crippen MR) is 102 cm³/mol. The second-order valence-electron chi connectivity index (χ2n) is 6.42. The molecular formula is C18H25BrN4O2. The van der Waals surface area contributed by atoms with E-state index in [9.17, 15) is 4.79 Å².